The first-order chi connectivity index (χ1) is 44.1. The summed E-state index contributed by atoms with van der Waals surface area (Å²) < 4.78 is 34.9. The number of nitrogens with zero attached hydrogens (tertiary/aromatic N) is 4. The molecule has 0 spiro atoms. The van der Waals surface area contributed by atoms with Gasteiger partial charge in [-0.25, -0.2) is 9.59 Å². The maximum absolute atomic E-state index is 14.9. The number of methoxy groups -OCH3 is 3. The van der Waals surface area contributed by atoms with Gasteiger partial charge in [-0.15, -0.1) is 0 Å². The molecule has 2 aliphatic heterocycles. The van der Waals surface area contributed by atoms with Gasteiger partial charge in [0, 0.05) is 59.2 Å². The van der Waals surface area contributed by atoms with Gasteiger partial charge in [0.1, 0.15) is 54.1 Å². The molecule has 3 N–H and O–H groups in total. The molecule has 0 radical (unpaired) electrons. The van der Waals surface area contributed by atoms with E-state index in [-0.39, 0.29) is 76.0 Å². The summed E-state index contributed by atoms with van der Waals surface area (Å²) in [4.78, 5) is 134. The van der Waals surface area contributed by atoms with E-state index in [1.807, 2.05) is 18.2 Å². The van der Waals surface area contributed by atoms with E-state index in [0.29, 0.717) is 46.8 Å². The number of rotatable bonds is 13. The number of carbonyl (C=O) groups is 9. The van der Waals surface area contributed by atoms with Crippen molar-refractivity contribution in [3.8, 4) is 28.7 Å². The third-order valence-electron chi connectivity index (χ3n) is 16.4. The lowest BCUT2D eigenvalue weighted by Crippen LogP contribution is -2.57. The van der Waals surface area contributed by atoms with E-state index < -0.39 is 109 Å². The Balaban J connectivity index is 1.23. The van der Waals surface area contributed by atoms with Gasteiger partial charge in [0.05, 0.1) is 33.3 Å². The fraction of sp³-hybridized carbons (Fsp3) is 0.414. The van der Waals surface area contributed by atoms with Crippen LogP contribution < -0.4 is 29.6 Å². The lowest BCUT2D eigenvalue weighted by Gasteiger charge is -2.36. The molecular weight excluding hydrogens is 1180 g/mol. The number of phenols is 1. The number of cyclic esters (lactones) is 2. The second kappa shape index (κ2) is 33.4. The van der Waals surface area contributed by atoms with Crippen LogP contribution in [0, 0.1) is 5.41 Å². The van der Waals surface area contributed by atoms with Gasteiger partial charge in [0.2, 0.25) is 29.4 Å². The van der Waals surface area contributed by atoms with Crippen LogP contribution in [0.4, 0.5) is 0 Å². The van der Waals surface area contributed by atoms with E-state index in [1.165, 1.54) is 82.2 Å². The van der Waals surface area contributed by atoms with Crippen LogP contribution in [0.5, 0.6) is 28.7 Å². The average molecular weight is 1270 g/mol. The summed E-state index contributed by atoms with van der Waals surface area (Å²) in [5.41, 5.74) is 1.78. The number of phenolic OH excluding ortho intramolecular Hbond substituents is 1. The standard InChI is InChI=1S/C70H84N6O16/c1-70(2)45-91-63(80)27-16-17-36-73(3)66(83)53(38-47-20-11-9-12-21-47)71-61(78)43-74(4)67(84)54(39-48-22-13-10-14-23-48)72-65(82)55(34-30-46-28-32-51(77)33-29-46)75(5)62(79)44-90-52-25-19-24-49(40-52)57(35-31-50-41-59(88-7)60(89-8)42-58(50)87-6)92-69(86)56-26-15-18-37-76(56)68(85)64(70)81/h9-14,16,19-25,27-29,32-33,40-42,53-57,77H,15,17-18,26,30-31,34-39,43-45H2,1-8H3,(H,71,78)(H,72,82)/b27-16+/t53-,54-,55+,56+,57-/m1/s1. The van der Waals surface area contributed by atoms with E-state index in [4.69, 9.17) is 28.4 Å². The summed E-state index contributed by atoms with van der Waals surface area (Å²) in [5.74, 6) is -4.93. The maximum Gasteiger partial charge on any atom is 0.330 e. The average Bonchev–Trinajstić information content (AvgIpc) is 0.848. The van der Waals surface area contributed by atoms with Crippen molar-refractivity contribution in [2.45, 2.75) is 108 Å². The molecule has 2 aliphatic rings. The second-order valence-electron chi connectivity index (χ2n) is 23.6. The van der Waals surface area contributed by atoms with Crippen molar-refractivity contribution in [1.29, 1.82) is 0 Å². The van der Waals surface area contributed by atoms with Gasteiger partial charge >= 0.3 is 11.9 Å². The van der Waals surface area contributed by atoms with Gasteiger partial charge < -0.3 is 63.8 Å². The van der Waals surface area contributed by atoms with Crippen molar-refractivity contribution in [3.63, 3.8) is 0 Å². The maximum atomic E-state index is 14.9. The van der Waals surface area contributed by atoms with E-state index in [9.17, 15) is 48.3 Å². The van der Waals surface area contributed by atoms with Crippen LogP contribution in [0.15, 0.2) is 133 Å². The Labute approximate surface area is 537 Å². The zero-order valence-electron chi connectivity index (χ0n) is 53.6. The predicted molar refractivity (Wildman–Crippen MR) is 340 cm³/mol. The number of aryl methyl sites for hydroxylation is 2. The number of nitrogens with one attached hydrogen (secondary N) is 2. The summed E-state index contributed by atoms with van der Waals surface area (Å²) >= 11 is 0. The first kappa shape index (κ1) is 69.7. The van der Waals surface area contributed by atoms with Crippen LogP contribution in [0.1, 0.15) is 86.3 Å². The van der Waals surface area contributed by atoms with Gasteiger partial charge in [-0.2, -0.15) is 0 Å². The number of aromatic hydroxyl groups is 1. The summed E-state index contributed by atoms with van der Waals surface area (Å²) in [5, 5.41) is 15.8. The molecule has 5 aromatic rings. The van der Waals surface area contributed by atoms with Crippen molar-refractivity contribution in [1.82, 2.24) is 30.2 Å². The topological polar surface area (TPSA) is 266 Å². The van der Waals surface area contributed by atoms with Gasteiger partial charge in [-0.1, -0.05) is 91.0 Å². The number of fused-ring (bicyclic) bond motifs is 3. The molecule has 0 unspecified atom stereocenters. The Morgan fingerprint density at radius 3 is 1.92 bits per heavy atom. The predicted octanol–water partition coefficient (Wildman–Crippen LogP) is 6.33. The number of likely N-dealkylation sites (N-methyl/N-ethyl adjacent to an activating group) is 3. The number of esters is 2. The van der Waals surface area contributed by atoms with E-state index in [2.05, 4.69) is 10.6 Å². The highest BCUT2D eigenvalue weighted by Gasteiger charge is 2.43. The Morgan fingerprint density at radius 2 is 1.27 bits per heavy atom. The molecule has 0 aromatic heterocycles. The van der Waals surface area contributed by atoms with Gasteiger partial charge in [0.15, 0.2) is 18.1 Å². The van der Waals surface area contributed by atoms with Crippen LogP contribution in [0.2, 0.25) is 0 Å². The molecule has 22 heteroatoms. The number of carbonyl (C=O) groups excluding carboxylic acids is 9. The van der Waals surface area contributed by atoms with Gasteiger partial charge in [0.25, 0.3) is 11.8 Å². The smallest absolute Gasteiger partial charge is 0.330 e. The largest absolute Gasteiger partial charge is 0.508 e. The minimum Gasteiger partial charge on any atom is -0.508 e. The molecule has 5 aromatic carbocycles. The van der Waals surface area contributed by atoms with Crippen LogP contribution >= 0.6 is 0 Å². The number of ether oxygens (including phenoxy) is 6. The highest BCUT2D eigenvalue weighted by molar-refractivity contribution is 6.38. The Hall–Kier alpha value is -9.73. The summed E-state index contributed by atoms with van der Waals surface area (Å²) in [6, 6.07) is 29.7. The van der Waals surface area contributed by atoms with Gasteiger partial charge in [-0.05, 0) is 123 Å². The molecule has 92 heavy (non-hydrogen) atoms. The molecule has 0 saturated carbocycles. The molecule has 1 fully saturated rings. The van der Waals surface area contributed by atoms with Crippen LogP contribution in [-0.2, 0) is 78.3 Å². The quantitative estimate of drug-likeness (QED) is 0.0859. The Bertz CT molecular complexity index is 3410. The number of hydrogen-bond acceptors (Lipinski definition) is 16. The van der Waals surface area contributed by atoms with Crippen molar-refractivity contribution >= 4 is 53.2 Å². The zero-order chi connectivity index (χ0) is 66.5. The minimum absolute atomic E-state index is 0.00190. The molecule has 2 heterocycles. The number of hydrogen-bond donors (Lipinski definition) is 3. The molecular formula is C70H84N6O16. The molecule has 7 rings (SSSR count). The molecule has 22 nitrogen and oxygen atoms in total. The Kier molecular flexibility index (Phi) is 25.3. The molecule has 5 atom stereocenters. The van der Waals surface area contributed by atoms with Gasteiger partial charge in [-0.3, -0.25) is 33.6 Å². The molecule has 6 amide bonds. The number of Topliss-reactive ketones (excluding diaryl/α,β-unsaturated/α-hetero) is 1. The monoisotopic (exact) mass is 1260 g/mol. The molecule has 490 valence electrons. The lowest BCUT2D eigenvalue weighted by molar-refractivity contribution is -0.165. The third-order valence-corrected chi connectivity index (χ3v) is 16.4. The Morgan fingerprint density at radius 1 is 0.641 bits per heavy atom. The number of amides is 6. The summed E-state index contributed by atoms with van der Waals surface area (Å²) in [7, 11) is 8.91. The van der Waals surface area contributed by atoms with Crippen molar-refractivity contribution < 1.29 is 76.7 Å². The SMILES string of the molecule is COc1cc(OC)c(OC)cc1CC[C@H]1OC(=O)[C@@H]2CCCCN2C(=O)C(=O)C(C)(C)COC(=O)/C=C/CCN(C)C(=O)[C@@H](Cc2ccccc2)NC(=O)CN(C)C(=O)[C@@H](Cc2ccccc2)NC(=O)[C@H](CCc2ccc(O)cc2)N(C)C(=O)COc2cccc1c2. The van der Waals surface area contributed by atoms with E-state index in [0.717, 1.165) is 22.1 Å². The highest BCUT2D eigenvalue weighted by Crippen LogP contribution is 2.37. The number of benzene rings is 5. The fourth-order valence-corrected chi connectivity index (χ4v) is 11.0. The van der Waals surface area contributed by atoms with Crippen LogP contribution in [0.25, 0.3) is 0 Å². The number of piperidine rings is 1. The first-order valence-electron chi connectivity index (χ1n) is 30.7. The highest BCUT2D eigenvalue weighted by atomic mass is 16.5. The van der Waals surface area contributed by atoms with Crippen molar-refractivity contribution in [3.05, 3.63) is 161 Å². The molecule has 0 aliphatic carbocycles. The number of ketones is 1. The van der Waals surface area contributed by atoms with Crippen molar-refractivity contribution in [2.75, 3.05) is 75.3 Å². The first-order valence-corrected chi connectivity index (χ1v) is 30.7. The lowest BCUT2D eigenvalue weighted by atomic mass is 9.87. The minimum atomic E-state index is -1.53. The zero-order valence-corrected chi connectivity index (χ0v) is 53.6. The van der Waals surface area contributed by atoms with Crippen LogP contribution in [0.3, 0.4) is 0 Å². The molecule has 2 bridgehead atoms. The van der Waals surface area contributed by atoms with E-state index in [1.54, 1.807) is 98.0 Å². The van der Waals surface area contributed by atoms with Crippen molar-refractivity contribution in [2.24, 2.45) is 5.41 Å². The summed E-state index contributed by atoms with van der Waals surface area (Å²) in [6.07, 6.45) is 3.84. The molecule has 1 saturated heterocycles. The van der Waals surface area contributed by atoms with E-state index >= 15 is 0 Å². The van der Waals surface area contributed by atoms with Crippen LogP contribution in [-0.4, -0.2) is 177 Å². The third kappa shape index (κ3) is 19.4. The summed E-state index contributed by atoms with van der Waals surface area (Å²) in [6.45, 7) is 1.53. The fourth-order valence-electron chi connectivity index (χ4n) is 11.0. The normalized spacial score (nSPS) is 21.1. The second-order valence-corrected chi connectivity index (χ2v) is 23.6.